The van der Waals surface area contributed by atoms with Crippen molar-refractivity contribution in [3.8, 4) is 5.75 Å². The smallest absolute Gasteiger partial charge is 0.326 e. The van der Waals surface area contributed by atoms with E-state index in [1.165, 1.54) is 0 Å². The zero-order chi connectivity index (χ0) is 33.2. The average Bonchev–Trinajstić information content (AvgIpc) is 2.99. The zero-order valence-electron chi connectivity index (χ0n) is 26.1. The fraction of sp³-hybridized carbons (Fsp3) is 0.500. The molecule has 0 radical (unpaired) electrons. The van der Waals surface area contributed by atoms with Gasteiger partial charge >= 0.3 is 5.97 Å². The number of ketones is 1. The van der Waals surface area contributed by atoms with E-state index in [0.29, 0.717) is 42.2 Å². The molecule has 246 valence electrons. The number of hydrogen-bond acceptors (Lipinski definition) is 6. The van der Waals surface area contributed by atoms with Crippen molar-refractivity contribution in [3.05, 3.63) is 63.2 Å². The Hall–Kier alpha value is -3.48. The standard InChI is InChI=1S/C34H46IN3O7/c1-23(20-26-17-18-30(40)27(35)21-26)32(42)38-29(22-25-13-7-5-8-14-25)33(43)37-28(34(44)45)15-10-11-19-36-31(41)16-9-4-3-6-12-24(2)39/h5,7-8,13-14,17-18,21,23,28-29,40H,3-4,6,9-12,15-16,19-20,22H2,1-2H3,(H,36,41)(H,37,43)(H,38,42)(H,44,45). The second-order valence-corrected chi connectivity index (χ2v) is 12.7. The van der Waals surface area contributed by atoms with E-state index in [-0.39, 0.29) is 36.2 Å². The Morgan fingerprint density at radius 2 is 1.44 bits per heavy atom. The molecule has 3 unspecified atom stereocenters. The number of carbonyl (C=O) groups is 5. The Bertz CT molecular complexity index is 1270. The van der Waals surface area contributed by atoms with Gasteiger partial charge in [-0.25, -0.2) is 4.79 Å². The molecule has 45 heavy (non-hydrogen) atoms. The third-order valence-electron chi connectivity index (χ3n) is 7.46. The normalized spacial score (nSPS) is 12.9. The van der Waals surface area contributed by atoms with E-state index in [1.807, 2.05) is 52.9 Å². The lowest BCUT2D eigenvalue weighted by molar-refractivity contribution is -0.142. The first kappa shape index (κ1) is 37.7. The summed E-state index contributed by atoms with van der Waals surface area (Å²) < 4.78 is 0.676. The molecule has 0 spiro atoms. The quantitative estimate of drug-likeness (QED) is 0.0919. The fourth-order valence-electron chi connectivity index (χ4n) is 4.83. The van der Waals surface area contributed by atoms with Crippen LogP contribution in [0.1, 0.15) is 82.8 Å². The topological polar surface area (TPSA) is 162 Å². The maximum atomic E-state index is 13.3. The number of carboxylic acid groups (broad SMARTS) is 1. The maximum Gasteiger partial charge on any atom is 0.326 e. The second kappa shape index (κ2) is 20.5. The lowest BCUT2D eigenvalue weighted by atomic mass is 9.98. The number of nitrogens with one attached hydrogen (secondary N) is 3. The summed E-state index contributed by atoms with van der Waals surface area (Å²) in [6.07, 6.45) is 6.20. The molecule has 2 rings (SSSR count). The lowest BCUT2D eigenvalue weighted by Crippen LogP contribution is -2.53. The van der Waals surface area contributed by atoms with E-state index in [0.717, 1.165) is 36.8 Å². The summed E-state index contributed by atoms with van der Waals surface area (Å²) in [7, 11) is 0. The Morgan fingerprint density at radius 1 is 0.778 bits per heavy atom. The summed E-state index contributed by atoms with van der Waals surface area (Å²) in [6, 6.07) is 12.2. The minimum Gasteiger partial charge on any atom is -0.507 e. The number of benzene rings is 2. The maximum absolute atomic E-state index is 13.3. The number of Topliss-reactive ketones (excluding diaryl/α,β-unsaturated/α-hetero) is 1. The number of carbonyl (C=O) groups excluding carboxylic acids is 4. The van der Waals surface area contributed by atoms with Gasteiger partial charge in [0.1, 0.15) is 23.6 Å². The summed E-state index contributed by atoms with van der Waals surface area (Å²) in [4.78, 5) is 61.5. The first-order valence-electron chi connectivity index (χ1n) is 15.6. The van der Waals surface area contributed by atoms with Crippen LogP contribution in [0.4, 0.5) is 0 Å². The van der Waals surface area contributed by atoms with Crippen molar-refractivity contribution >= 4 is 52.1 Å². The number of aliphatic carboxylic acids is 1. The Labute approximate surface area is 279 Å². The van der Waals surface area contributed by atoms with Gasteiger partial charge in [-0.05, 0) is 91.3 Å². The van der Waals surface area contributed by atoms with Crippen molar-refractivity contribution in [2.75, 3.05) is 6.54 Å². The number of halogens is 1. The van der Waals surface area contributed by atoms with Crippen LogP contribution < -0.4 is 16.0 Å². The predicted octanol–water partition coefficient (Wildman–Crippen LogP) is 4.69. The van der Waals surface area contributed by atoms with Crippen LogP contribution in [0.25, 0.3) is 0 Å². The van der Waals surface area contributed by atoms with E-state index < -0.39 is 29.9 Å². The first-order chi connectivity index (χ1) is 21.5. The van der Waals surface area contributed by atoms with Gasteiger partial charge in [0.25, 0.3) is 0 Å². The fourth-order valence-corrected chi connectivity index (χ4v) is 5.41. The van der Waals surface area contributed by atoms with Gasteiger partial charge in [0.15, 0.2) is 0 Å². The highest BCUT2D eigenvalue weighted by Gasteiger charge is 2.28. The predicted molar refractivity (Wildman–Crippen MR) is 181 cm³/mol. The van der Waals surface area contributed by atoms with Crippen LogP contribution in [0.15, 0.2) is 48.5 Å². The molecule has 2 aromatic carbocycles. The number of aromatic hydroxyl groups is 1. The summed E-state index contributed by atoms with van der Waals surface area (Å²) in [5.74, 6) is -2.28. The molecule has 5 N–H and O–H groups in total. The van der Waals surface area contributed by atoms with Crippen molar-refractivity contribution in [1.29, 1.82) is 0 Å². The van der Waals surface area contributed by atoms with E-state index in [9.17, 15) is 34.2 Å². The number of rotatable bonds is 21. The number of hydrogen-bond donors (Lipinski definition) is 5. The van der Waals surface area contributed by atoms with E-state index in [2.05, 4.69) is 16.0 Å². The molecular formula is C34H46IN3O7. The molecule has 0 aliphatic carbocycles. The number of carboxylic acids is 1. The van der Waals surface area contributed by atoms with Gasteiger partial charge in [-0.2, -0.15) is 0 Å². The molecule has 0 heterocycles. The molecule has 10 nitrogen and oxygen atoms in total. The number of phenolic OH excluding ortho intramolecular Hbond substituents is 1. The summed E-state index contributed by atoms with van der Waals surface area (Å²) in [5, 5.41) is 27.9. The molecule has 11 heteroatoms. The van der Waals surface area contributed by atoms with Crippen molar-refractivity contribution in [3.63, 3.8) is 0 Å². The Balaban J connectivity index is 1.87. The molecule has 3 amide bonds. The monoisotopic (exact) mass is 735 g/mol. The number of phenols is 1. The highest BCUT2D eigenvalue weighted by molar-refractivity contribution is 14.1. The summed E-state index contributed by atoms with van der Waals surface area (Å²) in [6.45, 7) is 3.74. The summed E-state index contributed by atoms with van der Waals surface area (Å²) in [5.41, 5.74) is 1.68. The first-order valence-corrected chi connectivity index (χ1v) is 16.6. The van der Waals surface area contributed by atoms with E-state index in [1.54, 1.807) is 32.0 Å². The highest BCUT2D eigenvalue weighted by Crippen LogP contribution is 2.22. The van der Waals surface area contributed by atoms with Crippen LogP contribution in [0.3, 0.4) is 0 Å². The van der Waals surface area contributed by atoms with Crippen molar-refractivity contribution in [1.82, 2.24) is 16.0 Å². The average molecular weight is 736 g/mol. The van der Waals surface area contributed by atoms with Crippen molar-refractivity contribution < 1.29 is 34.2 Å². The van der Waals surface area contributed by atoms with Crippen LogP contribution in [-0.4, -0.2) is 58.3 Å². The Morgan fingerprint density at radius 3 is 2.09 bits per heavy atom. The Kier molecular flexibility index (Phi) is 17.2. The van der Waals surface area contributed by atoms with Gasteiger partial charge in [-0.1, -0.05) is 56.2 Å². The van der Waals surface area contributed by atoms with Gasteiger partial charge in [0, 0.05) is 31.7 Å². The van der Waals surface area contributed by atoms with Crippen molar-refractivity contribution in [2.45, 2.75) is 96.6 Å². The lowest BCUT2D eigenvalue weighted by Gasteiger charge is -2.23. The molecule has 0 saturated carbocycles. The molecule has 2 aromatic rings. The SMILES string of the molecule is CC(=O)CCCCCCC(=O)NCCCCC(NC(=O)C(Cc1ccccc1)NC(=O)C(C)Cc1ccc(O)c(I)c1)C(=O)O. The van der Waals surface area contributed by atoms with Crippen molar-refractivity contribution in [2.24, 2.45) is 5.92 Å². The minimum absolute atomic E-state index is 0.0569. The summed E-state index contributed by atoms with van der Waals surface area (Å²) >= 11 is 2.02. The van der Waals surface area contributed by atoms with E-state index >= 15 is 0 Å². The molecule has 0 aliphatic heterocycles. The zero-order valence-corrected chi connectivity index (χ0v) is 28.3. The second-order valence-electron chi connectivity index (χ2n) is 11.5. The molecule has 0 aromatic heterocycles. The molecule has 0 fully saturated rings. The molecule has 0 saturated heterocycles. The minimum atomic E-state index is -1.17. The van der Waals surface area contributed by atoms with Gasteiger partial charge in [0.05, 0.1) is 3.57 Å². The largest absolute Gasteiger partial charge is 0.507 e. The van der Waals surface area contributed by atoms with E-state index in [4.69, 9.17) is 0 Å². The van der Waals surface area contributed by atoms with Gasteiger partial charge < -0.3 is 31.0 Å². The van der Waals surface area contributed by atoms with Gasteiger partial charge in [-0.3, -0.25) is 14.4 Å². The van der Waals surface area contributed by atoms with Gasteiger partial charge in [-0.15, -0.1) is 0 Å². The molecule has 0 bridgehead atoms. The van der Waals surface area contributed by atoms with Crippen LogP contribution in [-0.2, 0) is 36.8 Å². The molecular weight excluding hydrogens is 689 g/mol. The number of amides is 3. The van der Waals surface area contributed by atoms with Crippen LogP contribution in [0, 0.1) is 9.49 Å². The third-order valence-corrected chi connectivity index (χ3v) is 8.32. The molecule has 3 atom stereocenters. The molecule has 0 aliphatic rings. The highest BCUT2D eigenvalue weighted by atomic mass is 127. The van der Waals surface area contributed by atoms with Crippen LogP contribution in [0.5, 0.6) is 5.75 Å². The third kappa shape index (κ3) is 15.4. The van der Waals surface area contributed by atoms with Crippen LogP contribution in [0.2, 0.25) is 0 Å². The number of unbranched alkanes of at least 4 members (excludes halogenated alkanes) is 4. The van der Waals surface area contributed by atoms with Gasteiger partial charge in [0.2, 0.25) is 17.7 Å². The van der Waals surface area contributed by atoms with Crippen LogP contribution >= 0.6 is 22.6 Å².